The van der Waals surface area contributed by atoms with Crippen molar-refractivity contribution in [3.63, 3.8) is 0 Å². The van der Waals surface area contributed by atoms with Crippen LogP contribution >= 0.6 is 11.3 Å². The van der Waals surface area contributed by atoms with Gasteiger partial charge < -0.3 is 14.5 Å². The van der Waals surface area contributed by atoms with Crippen molar-refractivity contribution in [1.82, 2.24) is 14.3 Å². The Bertz CT molecular complexity index is 1550. The maximum atomic E-state index is 14.1. The average molecular weight is 501 g/mol. The lowest BCUT2D eigenvalue weighted by Gasteiger charge is -2.36. The van der Waals surface area contributed by atoms with E-state index in [-0.39, 0.29) is 11.7 Å². The summed E-state index contributed by atoms with van der Waals surface area (Å²) in [5, 5.41) is 0. The molecule has 6 rings (SSSR count). The molecule has 1 fully saturated rings. The van der Waals surface area contributed by atoms with E-state index in [1.54, 1.807) is 23.5 Å². The number of thiazole rings is 1. The smallest absolute Gasteiger partial charge is 0.254 e. The zero-order valence-electron chi connectivity index (χ0n) is 19.9. The van der Waals surface area contributed by atoms with Crippen molar-refractivity contribution >= 4 is 38.1 Å². The number of para-hydroxylation sites is 1. The van der Waals surface area contributed by atoms with E-state index in [0.717, 1.165) is 32.2 Å². The predicted molar refractivity (Wildman–Crippen MR) is 142 cm³/mol. The Morgan fingerprint density at radius 2 is 1.81 bits per heavy atom. The van der Waals surface area contributed by atoms with Crippen LogP contribution in [0.15, 0.2) is 72.9 Å². The first-order chi connectivity index (χ1) is 17.6. The number of hydrogen-bond acceptors (Lipinski definition) is 5. The SMILES string of the molecule is CCOc1ccc(-c2cn3c(n2)sc2cc(C(=O)N4CCN(c5ccccc5F)CC4)ccc23)cc1. The molecule has 3 heterocycles. The first-order valence-corrected chi connectivity index (χ1v) is 12.9. The fraction of sp³-hybridized carbons (Fsp3) is 0.214. The number of rotatable bonds is 5. The topological polar surface area (TPSA) is 50.1 Å². The van der Waals surface area contributed by atoms with Crippen LogP contribution in [-0.4, -0.2) is 53.0 Å². The third kappa shape index (κ3) is 4.07. The molecule has 0 bridgehead atoms. The Hall–Kier alpha value is -3.91. The molecule has 1 saturated heterocycles. The maximum Gasteiger partial charge on any atom is 0.254 e. The summed E-state index contributed by atoms with van der Waals surface area (Å²) >= 11 is 1.57. The molecule has 1 aliphatic rings. The monoisotopic (exact) mass is 500 g/mol. The number of carbonyl (C=O) groups excluding carboxylic acids is 1. The number of imidazole rings is 1. The van der Waals surface area contributed by atoms with Gasteiger partial charge in [-0.2, -0.15) is 0 Å². The molecule has 3 aromatic carbocycles. The van der Waals surface area contributed by atoms with E-state index in [1.165, 1.54) is 6.07 Å². The van der Waals surface area contributed by atoms with Gasteiger partial charge in [0.05, 0.1) is 28.2 Å². The minimum absolute atomic E-state index is 0.00574. The largest absolute Gasteiger partial charge is 0.494 e. The van der Waals surface area contributed by atoms with Gasteiger partial charge in [0.15, 0.2) is 4.96 Å². The van der Waals surface area contributed by atoms with Crippen molar-refractivity contribution in [2.24, 2.45) is 0 Å². The van der Waals surface area contributed by atoms with Gasteiger partial charge in [-0.05, 0) is 61.5 Å². The minimum atomic E-state index is -0.226. The van der Waals surface area contributed by atoms with Crippen LogP contribution in [0.2, 0.25) is 0 Å². The Balaban J connectivity index is 1.19. The quantitative estimate of drug-likeness (QED) is 0.310. The van der Waals surface area contributed by atoms with Crippen LogP contribution in [0.25, 0.3) is 26.4 Å². The van der Waals surface area contributed by atoms with Gasteiger partial charge in [0.25, 0.3) is 5.91 Å². The number of amides is 1. The summed E-state index contributed by atoms with van der Waals surface area (Å²) in [7, 11) is 0. The van der Waals surface area contributed by atoms with Crippen LogP contribution in [0.1, 0.15) is 17.3 Å². The molecule has 8 heteroatoms. The normalized spacial score (nSPS) is 14.1. The molecular formula is C28H25FN4O2S. The Morgan fingerprint density at radius 3 is 2.56 bits per heavy atom. The molecular weight excluding hydrogens is 475 g/mol. The van der Waals surface area contributed by atoms with Crippen molar-refractivity contribution in [1.29, 1.82) is 0 Å². The van der Waals surface area contributed by atoms with Gasteiger partial charge in [-0.25, -0.2) is 9.37 Å². The third-order valence-electron chi connectivity index (χ3n) is 6.56. The molecule has 5 aromatic rings. The minimum Gasteiger partial charge on any atom is -0.494 e. The molecule has 0 N–H and O–H groups in total. The number of halogens is 1. The molecule has 1 aliphatic heterocycles. The summed E-state index contributed by atoms with van der Waals surface area (Å²) in [5.41, 5.74) is 4.22. The van der Waals surface area contributed by atoms with Gasteiger partial charge in [0.1, 0.15) is 11.6 Å². The van der Waals surface area contributed by atoms with E-state index >= 15 is 0 Å². The molecule has 0 radical (unpaired) electrons. The summed E-state index contributed by atoms with van der Waals surface area (Å²) in [4.78, 5) is 22.8. The van der Waals surface area contributed by atoms with Crippen LogP contribution in [-0.2, 0) is 0 Å². The highest BCUT2D eigenvalue weighted by Gasteiger charge is 2.24. The van der Waals surface area contributed by atoms with Crippen molar-refractivity contribution in [3.8, 4) is 17.0 Å². The number of fused-ring (bicyclic) bond motifs is 3. The van der Waals surface area contributed by atoms with Gasteiger partial charge in [0, 0.05) is 43.5 Å². The number of anilines is 1. The number of piperazine rings is 1. The summed E-state index contributed by atoms with van der Waals surface area (Å²) in [6.07, 6.45) is 2.04. The number of carbonyl (C=O) groups is 1. The number of ether oxygens (including phenoxy) is 1. The van der Waals surface area contributed by atoms with Crippen LogP contribution in [0.5, 0.6) is 5.75 Å². The first-order valence-electron chi connectivity index (χ1n) is 12.0. The molecule has 1 amide bonds. The summed E-state index contributed by atoms with van der Waals surface area (Å²) in [5.74, 6) is 0.626. The molecule has 2 aromatic heterocycles. The molecule has 0 unspecified atom stereocenters. The number of benzene rings is 3. The Labute approximate surface area is 212 Å². The standard InChI is InChI=1S/C28H25FN4O2S/c1-2-35-21-10-7-19(8-11-21)23-18-33-25-12-9-20(17-26(25)36-28(33)30-23)27(34)32-15-13-31(14-16-32)24-6-4-3-5-22(24)29/h3-12,17-18H,2,13-16H2,1H3. The van der Waals surface area contributed by atoms with E-state index < -0.39 is 0 Å². The highest BCUT2D eigenvalue weighted by Crippen LogP contribution is 2.31. The van der Waals surface area contributed by atoms with E-state index in [0.29, 0.717) is 44.0 Å². The fourth-order valence-electron chi connectivity index (χ4n) is 4.70. The Kier molecular flexibility index (Phi) is 5.81. The van der Waals surface area contributed by atoms with Crippen molar-refractivity contribution < 1.29 is 13.9 Å². The number of aromatic nitrogens is 2. The summed E-state index contributed by atoms with van der Waals surface area (Å²) in [6.45, 7) is 4.94. The summed E-state index contributed by atoms with van der Waals surface area (Å²) < 4.78 is 22.8. The zero-order chi connectivity index (χ0) is 24.6. The molecule has 0 saturated carbocycles. The van der Waals surface area contributed by atoms with Crippen LogP contribution in [0, 0.1) is 5.82 Å². The lowest BCUT2D eigenvalue weighted by atomic mass is 10.1. The second-order valence-electron chi connectivity index (χ2n) is 8.75. The Morgan fingerprint density at radius 1 is 1.03 bits per heavy atom. The first kappa shape index (κ1) is 22.5. The lowest BCUT2D eigenvalue weighted by Crippen LogP contribution is -2.49. The van der Waals surface area contributed by atoms with Gasteiger partial charge >= 0.3 is 0 Å². The summed E-state index contributed by atoms with van der Waals surface area (Å²) in [6, 6.07) is 20.6. The zero-order valence-corrected chi connectivity index (χ0v) is 20.7. The molecule has 36 heavy (non-hydrogen) atoms. The molecule has 182 valence electrons. The van der Waals surface area contributed by atoms with Gasteiger partial charge in [-0.15, -0.1) is 0 Å². The molecule has 6 nitrogen and oxygen atoms in total. The van der Waals surface area contributed by atoms with E-state index in [9.17, 15) is 9.18 Å². The van der Waals surface area contributed by atoms with Crippen molar-refractivity contribution in [2.45, 2.75) is 6.92 Å². The van der Waals surface area contributed by atoms with E-state index in [1.807, 2.05) is 71.5 Å². The van der Waals surface area contributed by atoms with E-state index in [4.69, 9.17) is 9.72 Å². The molecule has 0 aliphatic carbocycles. The third-order valence-corrected chi connectivity index (χ3v) is 7.58. The highest BCUT2D eigenvalue weighted by atomic mass is 32.1. The van der Waals surface area contributed by atoms with Crippen LogP contribution < -0.4 is 9.64 Å². The molecule has 0 spiro atoms. The maximum absolute atomic E-state index is 14.1. The average Bonchev–Trinajstić information content (AvgIpc) is 3.47. The number of hydrogen-bond donors (Lipinski definition) is 0. The second kappa shape index (κ2) is 9.28. The second-order valence-corrected chi connectivity index (χ2v) is 9.76. The van der Waals surface area contributed by atoms with E-state index in [2.05, 4.69) is 4.40 Å². The van der Waals surface area contributed by atoms with Gasteiger partial charge in [-0.1, -0.05) is 23.5 Å². The lowest BCUT2D eigenvalue weighted by molar-refractivity contribution is 0.0747. The fourth-order valence-corrected chi connectivity index (χ4v) is 5.75. The van der Waals surface area contributed by atoms with Crippen LogP contribution in [0.4, 0.5) is 10.1 Å². The van der Waals surface area contributed by atoms with Gasteiger partial charge in [-0.3, -0.25) is 9.20 Å². The highest BCUT2D eigenvalue weighted by molar-refractivity contribution is 7.23. The van der Waals surface area contributed by atoms with Crippen molar-refractivity contribution in [2.75, 3.05) is 37.7 Å². The molecule has 0 atom stereocenters. The number of nitrogens with zero attached hydrogens (tertiary/aromatic N) is 4. The predicted octanol–water partition coefficient (Wildman–Crippen LogP) is 5.72. The van der Waals surface area contributed by atoms with Crippen LogP contribution in [0.3, 0.4) is 0 Å². The van der Waals surface area contributed by atoms with Gasteiger partial charge in [0.2, 0.25) is 0 Å². The van der Waals surface area contributed by atoms with Crippen molar-refractivity contribution in [3.05, 3.63) is 84.3 Å².